The van der Waals surface area contributed by atoms with E-state index in [1.165, 1.54) is 0 Å². The van der Waals surface area contributed by atoms with Crippen molar-refractivity contribution in [2.75, 3.05) is 6.54 Å². The lowest BCUT2D eigenvalue weighted by Crippen LogP contribution is -2.44. The molecule has 1 unspecified atom stereocenters. The van der Waals surface area contributed by atoms with E-state index in [1.807, 2.05) is 30.3 Å². The molecule has 1 fully saturated rings. The smallest absolute Gasteiger partial charge is 0.330 e. The third-order valence-electron chi connectivity index (χ3n) is 2.93. The molecule has 0 saturated carbocycles. The van der Waals surface area contributed by atoms with Gasteiger partial charge in [-0.3, -0.25) is 14.9 Å². The summed E-state index contributed by atoms with van der Waals surface area (Å²) in [6.45, 7) is 0.100. The molecular weight excluding hydrogens is 246 g/mol. The lowest BCUT2D eigenvalue weighted by molar-refractivity contribution is -0.165. The fourth-order valence-corrected chi connectivity index (χ4v) is 1.92. The second-order valence-electron chi connectivity index (χ2n) is 4.47. The van der Waals surface area contributed by atoms with Crippen LogP contribution in [0.4, 0.5) is 0 Å². The summed E-state index contributed by atoms with van der Waals surface area (Å²) in [5.74, 6) is -1.10. The molecule has 5 heteroatoms. The molecule has 1 atom stereocenters. The summed E-state index contributed by atoms with van der Waals surface area (Å²) >= 11 is 0. The maximum Gasteiger partial charge on any atom is 0.330 e. The molecule has 100 valence electrons. The van der Waals surface area contributed by atoms with E-state index < -0.39 is 18.0 Å². The molecule has 0 spiro atoms. The Hall–Kier alpha value is -2.01. The number of hydrogen-bond acceptors (Lipinski definition) is 5. The van der Waals surface area contributed by atoms with E-state index in [9.17, 15) is 14.4 Å². The highest BCUT2D eigenvalue weighted by Gasteiger charge is 2.28. The van der Waals surface area contributed by atoms with Crippen molar-refractivity contribution in [3.63, 3.8) is 0 Å². The fourth-order valence-electron chi connectivity index (χ4n) is 1.92. The molecular formula is C14H15NO4. The first-order valence-corrected chi connectivity index (χ1v) is 6.18. The normalized spacial score (nSPS) is 19.1. The average molecular weight is 261 g/mol. The first-order chi connectivity index (χ1) is 9.15. The van der Waals surface area contributed by atoms with Crippen LogP contribution in [0.2, 0.25) is 0 Å². The number of cyclic esters (lactones) is 2. The Kier molecular flexibility index (Phi) is 4.41. The molecule has 0 aliphatic carbocycles. The van der Waals surface area contributed by atoms with E-state index in [0.29, 0.717) is 12.8 Å². The molecule has 19 heavy (non-hydrogen) atoms. The SMILES string of the molecule is O=C(CNC1CCC(=O)OC1=O)Cc1ccccc1. The number of esters is 2. The Morgan fingerprint density at radius 2 is 2.00 bits per heavy atom. The number of carbonyl (C=O) groups excluding carboxylic acids is 3. The maximum atomic E-state index is 11.7. The van der Waals surface area contributed by atoms with Gasteiger partial charge < -0.3 is 4.74 Å². The molecule has 1 aromatic rings. The largest absolute Gasteiger partial charge is 0.392 e. The minimum Gasteiger partial charge on any atom is -0.392 e. The van der Waals surface area contributed by atoms with Crippen molar-refractivity contribution < 1.29 is 19.1 Å². The Morgan fingerprint density at radius 1 is 1.26 bits per heavy atom. The van der Waals surface area contributed by atoms with Gasteiger partial charge in [0.1, 0.15) is 6.04 Å². The third kappa shape index (κ3) is 3.99. The first-order valence-electron chi connectivity index (χ1n) is 6.18. The lowest BCUT2D eigenvalue weighted by Gasteiger charge is -2.20. The number of ether oxygens (including phenoxy) is 1. The third-order valence-corrected chi connectivity index (χ3v) is 2.93. The Bertz CT molecular complexity index is 483. The molecule has 1 N–H and O–H groups in total. The van der Waals surface area contributed by atoms with Crippen molar-refractivity contribution in [1.29, 1.82) is 0 Å². The van der Waals surface area contributed by atoms with Crippen molar-refractivity contribution in [2.24, 2.45) is 0 Å². The number of Topliss-reactive ketones (excluding diaryl/α,β-unsaturated/α-hetero) is 1. The Balaban J connectivity index is 1.78. The van der Waals surface area contributed by atoms with Gasteiger partial charge in [0.2, 0.25) is 0 Å². The zero-order valence-corrected chi connectivity index (χ0v) is 10.4. The van der Waals surface area contributed by atoms with Crippen LogP contribution in [0.15, 0.2) is 30.3 Å². The van der Waals surface area contributed by atoms with E-state index in [2.05, 4.69) is 10.1 Å². The van der Waals surface area contributed by atoms with Gasteiger partial charge >= 0.3 is 11.9 Å². The summed E-state index contributed by atoms with van der Waals surface area (Å²) in [5.41, 5.74) is 0.940. The number of hydrogen-bond donors (Lipinski definition) is 1. The van der Waals surface area contributed by atoms with E-state index in [-0.39, 0.29) is 18.7 Å². The number of nitrogens with one attached hydrogen (secondary N) is 1. The predicted octanol–water partition coefficient (Wildman–Crippen LogP) is 0.620. The van der Waals surface area contributed by atoms with Gasteiger partial charge in [0.25, 0.3) is 0 Å². The molecule has 0 aromatic heterocycles. The van der Waals surface area contributed by atoms with Gasteiger partial charge in [-0.2, -0.15) is 0 Å². The first kappa shape index (κ1) is 13.4. The minimum atomic E-state index is -0.594. The number of ketones is 1. The monoisotopic (exact) mass is 261 g/mol. The molecule has 1 aliphatic rings. The summed E-state index contributed by atoms with van der Waals surface area (Å²) in [6.07, 6.45) is 0.918. The zero-order chi connectivity index (χ0) is 13.7. The molecule has 2 rings (SSSR count). The lowest BCUT2D eigenvalue weighted by atomic mass is 10.1. The van der Waals surface area contributed by atoms with Crippen LogP contribution in [0.5, 0.6) is 0 Å². The molecule has 1 heterocycles. The van der Waals surface area contributed by atoms with Gasteiger partial charge in [-0.25, -0.2) is 4.79 Å². The van der Waals surface area contributed by atoms with Crippen LogP contribution in [0.1, 0.15) is 18.4 Å². The van der Waals surface area contributed by atoms with Crippen LogP contribution in [0.3, 0.4) is 0 Å². The number of rotatable bonds is 5. The van der Waals surface area contributed by atoms with Crippen molar-refractivity contribution in [3.05, 3.63) is 35.9 Å². The summed E-state index contributed by atoms with van der Waals surface area (Å²) < 4.78 is 4.50. The average Bonchev–Trinajstić information content (AvgIpc) is 2.39. The molecule has 5 nitrogen and oxygen atoms in total. The second kappa shape index (κ2) is 6.24. The molecule has 1 saturated heterocycles. The summed E-state index contributed by atoms with van der Waals surface area (Å²) in [4.78, 5) is 34.0. The van der Waals surface area contributed by atoms with Crippen molar-refractivity contribution in [3.8, 4) is 0 Å². The fraction of sp³-hybridized carbons (Fsp3) is 0.357. The molecule has 1 aromatic carbocycles. The quantitative estimate of drug-likeness (QED) is 0.621. The topological polar surface area (TPSA) is 72.5 Å². The number of carbonyl (C=O) groups is 3. The maximum absolute atomic E-state index is 11.7. The van der Waals surface area contributed by atoms with Gasteiger partial charge in [-0.15, -0.1) is 0 Å². The van der Waals surface area contributed by atoms with Gasteiger partial charge in [-0.1, -0.05) is 30.3 Å². The van der Waals surface area contributed by atoms with E-state index in [4.69, 9.17) is 0 Å². The highest BCUT2D eigenvalue weighted by atomic mass is 16.6. The van der Waals surface area contributed by atoms with Crippen LogP contribution in [-0.2, 0) is 25.5 Å². The predicted molar refractivity (Wildman–Crippen MR) is 67.3 cm³/mol. The van der Waals surface area contributed by atoms with Crippen LogP contribution in [0.25, 0.3) is 0 Å². The zero-order valence-electron chi connectivity index (χ0n) is 10.4. The van der Waals surface area contributed by atoms with Crippen molar-refractivity contribution in [2.45, 2.75) is 25.3 Å². The standard InChI is InChI=1S/C14H15NO4/c16-11(8-10-4-2-1-3-5-10)9-15-12-6-7-13(17)19-14(12)18/h1-5,12,15H,6-9H2. The van der Waals surface area contributed by atoms with Crippen molar-refractivity contribution >= 4 is 17.7 Å². The Labute approximate surface area is 110 Å². The van der Waals surface area contributed by atoms with Gasteiger partial charge in [0.15, 0.2) is 5.78 Å². The van der Waals surface area contributed by atoms with Crippen molar-refractivity contribution in [1.82, 2.24) is 5.32 Å². The van der Waals surface area contributed by atoms with Crippen LogP contribution in [0, 0.1) is 0 Å². The highest BCUT2D eigenvalue weighted by Crippen LogP contribution is 2.09. The van der Waals surface area contributed by atoms with Gasteiger partial charge in [0, 0.05) is 12.8 Å². The number of benzene rings is 1. The molecule has 1 aliphatic heterocycles. The summed E-state index contributed by atoms with van der Waals surface area (Å²) in [5, 5.41) is 2.84. The van der Waals surface area contributed by atoms with Crippen LogP contribution in [-0.4, -0.2) is 30.3 Å². The van der Waals surface area contributed by atoms with E-state index >= 15 is 0 Å². The van der Waals surface area contributed by atoms with Crippen LogP contribution >= 0.6 is 0 Å². The van der Waals surface area contributed by atoms with Crippen LogP contribution < -0.4 is 5.32 Å². The van der Waals surface area contributed by atoms with E-state index in [0.717, 1.165) is 5.56 Å². The molecule has 0 radical (unpaired) electrons. The highest BCUT2D eigenvalue weighted by molar-refractivity contribution is 5.92. The molecule has 0 amide bonds. The van der Waals surface area contributed by atoms with E-state index in [1.54, 1.807) is 0 Å². The Morgan fingerprint density at radius 3 is 2.68 bits per heavy atom. The second-order valence-corrected chi connectivity index (χ2v) is 4.47. The summed E-state index contributed by atoms with van der Waals surface area (Å²) in [6, 6.07) is 8.84. The minimum absolute atomic E-state index is 0.00380. The van der Waals surface area contributed by atoms with Gasteiger partial charge in [-0.05, 0) is 12.0 Å². The summed E-state index contributed by atoms with van der Waals surface area (Å²) in [7, 11) is 0. The van der Waals surface area contributed by atoms with Gasteiger partial charge in [0.05, 0.1) is 6.54 Å². The molecule has 0 bridgehead atoms.